The second-order valence-corrected chi connectivity index (χ2v) is 17.5. The molecule has 0 heterocycles. The average Bonchev–Trinajstić information content (AvgIpc) is 3.19. The smallest absolute Gasteiger partial charge is 0.0316 e. The van der Waals surface area contributed by atoms with Crippen molar-refractivity contribution < 1.29 is 0 Å². The number of benzene rings is 4. The zero-order valence-corrected chi connectivity index (χ0v) is 35.6. The molecule has 1 aliphatic carbocycles. The van der Waals surface area contributed by atoms with Crippen molar-refractivity contribution in [1.82, 2.24) is 0 Å². The van der Waals surface area contributed by atoms with Gasteiger partial charge < -0.3 is 11.5 Å². The van der Waals surface area contributed by atoms with E-state index < -0.39 is 0 Å². The summed E-state index contributed by atoms with van der Waals surface area (Å²) < 4.78 is 0. The zero-order valence-electron chi connectivity index (χ0n) is 35.6. The molecule has 2 nitrogen and oxygen atoms in total. The highest BCUT2D eigenvalue weighted by Gasteiger charge is 2.38. The van der Waals surface area contributed by atoms with Crippen LogP contribution >= 0.6 is 0 Å². The summed E-state index contributed by atoms with van der Waals surface area (Å²) in [7, 11) is 0. The number of nitrogens with two attached hydrogens (primary N) is 2. The Bertz CT molecular complexity index is 1570. The first-order valence-electron chi connectivity index (χ1n) is 22.7. The third-order valence-corrected chi connectivity index (χ3v) is 13.4. The molecule has 2 unspecified atom stereocenters. The molecule has 0 saturated heterocycles. The van der Waals surface area contributed by atoms with Gasteiger partial charge >= 0.3 is 0 Å². The SMILES string of the molecule is CCCCCCCCC(c1ccc(C2(c3ccc(C(CCCCCCCC)c4ccc(N)cc4C)cc3)CCC(CCC)CC2)cc1)c1ccc(N)cc1C. The van der Waals surface area contributed by atoms with Crippen molar-refractivity contribution >= 4 is 11.4 Å². The van der Waals surface area contributed by atoms with E-state index in [2.05, 4.69) is 120 Å². The molecule has 0 radical (unpaired) electrons. The molecule has 1 fully saturated rings. The van der Waals surface area contributed by atoms with Crippen LogP contribution in [0.4, 0.5) is 11.4 Å². The lowest BCUT2D eigenvalue weighted by atomic mass is 9.62. The zero-order chi connectivity index (χ0) is 39.0. The van der Waals surface area contributed by atoms with Crippen molar-refractivity contribution in [3.8, 4) is 0 Å². The van der Waals surface area contributed by atoms with Crippen LogP contribution in [-0.4, -0.2) is 0 Å². The highest BCUT2D eigenvalue weighted by Crippen LogP contribution is 2.48. The predicted octanol–water partition coefficient (Wildman–Crippen LogP) is 15.5. The molecular formula is C53H76N2. The van der Waals surface area contributed by atoms with Gasteiger partial charge in [0.15, 0.2) is 0 Å². The Balaban J connectivity index is 1.44. The van der Waals surface area contributed by atoms with E-state index in [1.54, 1.807) is 0 Å². The molecule has 0 amide bonds. The lowest BCUT2D eigenvalue weighted by molar-refractivity contribution is 0.253. The van der Waals surface area contributed by atoms with Crippen LogP contribution in [0.2, 0.25) is 0 Å². The van der Waals surface area contributed by atoms with Crippen LogP contribution < -0.4 is 11.5 Å². The number of hydrogen-bond acceptors (Lipinski definition) is 2. The van der Waals surface area contributed by atoms with Gasteiger partial charge in [0, 0.05) is 28.6 Å². The van der Waals surface area contributed by atoms with E-state index >= 15 is 0 Å². The molecule has 2 atom stereocenters. The minimum Gasteiger partial charge on any atom is -0.399 e. The molecule has 298 valence electrons. The standard InChI is InChI=1S/C53H76N2/c1-6-9-11-13-15-17-20-51(49-32-30-47(54)38-40(49)4)43-22-26-45(27-23-43)53(36-34-42(19-8-3)35-37-53)46-28-24-44(25-29-46)52(21-18-16-14-12-10-7-2)50-33-31-48(55)39-41(50)5/h22-33,38-39,42,51-52H,6-21,34-37,54-55H2,1-5H3. The minimum absolute atomic E-state index is 0.0546. The molecule has 55 heavy (non-hydrogen) atoms. The molecule has 4 N–H and O–H groups in total. The van der Waals surface area contributed by atoms with Crippen molar-refractivity contribution in [2.24, 2.45) is 5.92 Å². The Morgan fingerprint density at radius 1 is 0.509 bits per heavy atom. The monoisotopic (exact) mass is 741 g/mol. The van der Waals surface area contributed by atoms with E-state index in [9.17, 15) is 0 Å². The van der Waals surface area contributed by atoms with Crippen LogP contribution in [0.3, 0.4) is 0 Å². The fourth-order valence-corrected chi connectivity index (χ4v) is 10.1. The molecule has 0 aliphatic heterocycles. The summed E-state index contributed by atoms with van der Waals surface area (Å²) in [4.78, 5) is 0. The second-order valence-electron chi connectivity index (χ2n) is 17.5. The van der Waals surface area contributed by atoms with Gasteiger partial charge in [-0.2, -0.15) is 0 Å². The van der Waals surface area contributed by atoms with E-state index in [0.29, 0.717) is 11.8 Å². The highest BCUT2D eigenvalue weighted by molar-refractivity contribution is 5.51. The third-order valence-electron chi connectivity index (χ3n) is 13.4. The molecule has 5 rings (SSSR count). The van der Waals surface area contributed by atoms with Crippen molar-refractivity contribution in [1.29, 1.82) is 0 Å². The molecule has 0 spiro atoms. The summed E-state index contributed by atoms with van der Waals surface area (Å²) >= 11 is 0. The number of anilines is 2. The quantitative estimate of drug-likeness (QED) is 0.0623. The molecule has 0 bridgehead atoms. The average molecular weight is 741 g/mol. The van der Waals surface area contributed by atoms with Gasteiger partial charge in [-0.25, -0.2) is 0 Å². The van der Waals surface area contributed by atoms with Crippen LogP contribution in [0.25, 0.3) is 0 Å². The van der Waals surface area contributed by atoms with Gasteiger partial charge in [0.2, 0.25) is 0 Å². The molecule has 0 aromatic heterocycles. The van der Waals surface area contributed by atoms with Crippen molar-refractivity contribution in [2.45, 2.75) is 180 Å². The summed E-state index contributed by atoms with van der Waals surface area (Å²) in [5.41, 5.74) is 25.7. The van der Waals surface area contributed by atoms with Crippen LogP contribution in [-0.2, 0) is 5.41 Å². The number of nitrogen functional groups attached to an aromatic ring is 2. The number of rotatable bonds is 22. The molecule has 4 aromatic carbocycles. The number of aryl methyl sites for hydroxylation is 2. The summed E-state index contributed by atoms with van der Waals surface area (Å²) in [6, 6.07) is 33.1. The maximum absolute atomic E-state index is 6.24. The molecule has 1 saturated carbocycles. The van der Waals surface area contributed by atoms with Crippen LogP contribution in [0.15, 0.2) is 84.9 Å². The van der Waals surface area contributed by atoms with Gasteiger partial charge in [-0.3, -0.25) is 0 Å². The summed E-state index contributed by atoms with van der Waals surface area (Å²) in [6.45, 7) is 11.4. The van der Waals surface area contributed by atoms with Crippen LogP contribution in [0.5, 0.6) is 0 Å². The summed E-state index contributed by atoms with van der Waals surface area (Å²) in [5, 5.41) is 0. The molecule has 2 heteroatoms. The Labute approximate surface area is 337 Å². The van der Waals surface area contributed by atoms with Gasteiger partial charge in [-0.05, 0) is 127 Å². The second kappa shape index (κ2) is 21.7. The Morgan fingerprint density at radius 2 is 0.909 bits per heavy atom. The van der Waals surface area contributed by atoms with Crippen molar-refractivity contribution in [3.05, 3.63) is 129 Å². The van der Waals surface area contributed by atoms with Crippen molar-refractivity contribution in [2.75, 3.05) is 11.5 Å². The minimum atomic E-state index is 0.0546. The van der Waals surface area contributed by atoms with Gasteiger partial charge in [-0.1, -0.05) is 171 Å². The number of hydrogen-bond donors (Lipinski definition) is 2. The number of unbranched alkanes of at least 4 members (excludes halogenated alkanes) is 10. The van der Waals surface area contributed by atoms with E-state index in [0.717, 1.165) is 17.3 Å². The fourth-order valence-electron chi connectivity index (χ4n) is 10.1. The normalized spacial score (nSPS) is 18.3. The van der Waals surface area contributed by atoms with Gasteiger partial charge in [0.25, 0.3) is 0 Å². The third kappa shape index (κ3) is 11.5. The van der Waals surface area contributed by atoms with E-state index in [1.807, 2.05) is 0 Å². The lowest BCUT2D eigenvalue weighted by Crippen LogP contribution is -2.33. The first-order valence-corrected chi connectivity index (χ1v) is 22.7. The maximum atomic E-state index is 6.24. The van der Waals surface area contributed by atoms with E-state index in [-0.39, 0.29) is 5.41 Å². The van der Waals surface area contributed by atoms with Gasteiger partial charge in [0.05, 0.1) is 0 Å². The fraction of sp³-hybridized carbons (Fsp3) is 0.547. The largest absolute Gasteiger partial charge is 0.399 e. The van der Waals surface area contributed by atoms with Crippen LogP contribution in [0.1, 0.15) is 206 Å². The Morgan fingerprint density at radius 3 is 1.29 bits per heavy atom. The maximum Gasteiger partial charge on any atom is 0.0316 e. The van der Waals surface area contributed by atoms with Gasteiger partial charge in [-0.15, -0.1) is 0 Å². The van der Waals surface area contributed by atoms with Crippen molar-refractivity contribution in [3.63, 3.8) is 0 Å². The molecule has 1 aliphatic rings. The summed E-state index contributed by atoms with van der Waals surface area (Å²) in [5.74, 6) is 1.65. The summed E-state index contributed by atoms with van der Waals surface area (Å²) in [6.07, 6.45) is 26.0. The van der Waals surface area contributed by atoms with Gasteiger partial charge in [0.1, 0.15) is 0 Å². The Hall–Kier alpha value is -3.52. The van der Waals surface area contributed by atoms with E-state index in [1.165, 1.54) is 173 Å². The first-order chi connectivity index (χ1) is 26.8. The Kier molecular flexibility index (Phi) is 16.8. The topological polar surface area (TPSA) is 52.0 Å². The van der Waals surface area contributed by atoms with Crippen LogP contribution in [0, 0.1) is 19.8 Å². The predicted molar refractivity (Wildman–Crippen MR) is 241 cm³/mol. The molecule has 4 aromatic rings. The molecular weight excluding hydrogens is 665 g/mol. The highest BCUT2D eigenvalue weighted by atomic mass is 14.5. The lowest BCUT2D eigenvalue weighted by Gasteiger charge is -2.42. The first kappa shape index (κ1) is 42.6. The van der Waals surface area contributed by atoms with E-state index in [4.69, 9.17) is 11.5 Å².